The highest BCUT2D eigenvalue weighted by atomic mass is 35.5. The summed E-state index contributed by atoms with van der Waals surface area (Å²) in [7, 11) is 0. The van der Waals surface area contributed by atoms with Crippen LogP contribution >= 0.6 is 12.4 Å². The average Bonchev–Trinajstić information content (AvgIpc) is 2.77. The summed E-state index contributed by atoms with van der Waals surface area (Å²) in [6.07, 6.45) is 9.38. The van der Waals surface area contributed by atoms with Crippen LogP contribution in [-0.2, 0) is 5.54 Å². The van der Waals surface area contributed by atoms with Crippen LogP contribution in [0.3, 0.4) is 0 Å². The molecule has 0 radical (unpaired) electrons. The normalized spacial score (nSPS) is 22.8. The molecule has 2 fully saturated rings. The Balaban J connectivity index is 0.000000963. The fraction of sp³-hybridized carbons (Fsp3) is 0.615. The summed E-state index contributed by atoms with van der Waals surface area (Å²) in [5.74, 6) is 0. The quantitative estimate of drug-likeness (QED) is 0.748. The molecule has 88 valence electrons. The van der Waals surface area contributed by atoms with E-state index in [4.69, 9.17) is 0 Å². The summed E-state index contributed by atoms with van der Waals surface area (Å²) in [5.41, 5.74) is 3.26. The summed E-state index contributed by atoms with van der Waals surface area (Å²) >= 11 is 0. The molecule has 3 rings (SSSR count). The molecule has 0 amide bonds. The van der Waals surface area contributed by atoms with E-state index < -0.39 is 0 Å². The van der Waals surface area contributed by atoms with Crippen LogP contribution in [0.2, 0.25) is 0 Å². The van der Waals surface area contributed by atoms with Crippen LogP contribution < -0.4 is 0 Å². The van der Waals surface area contributed by atoms with Crippen molar-refractivity contribution in [3.63, 3.8) is 0 Å². The average molecular weight is 239 g/mol. The van der Waals surface area contributed by atoms with E-state index in [9.17, 15) is 0 Å². The monoisotopic (exact) mass is 238 g/mol. The van der Waals surface area contributed by atoms with Gasteiger partial charge in [0, 0.05) is 17.9 Å². The van der Waals surface area contributed by atoms with Crippen LogP contribution in [0.5, 0.6) is 0 Å². The second-order valence-corrected chi connectivity index (χ2v) is 4.92. The van der Waals surface area contributed by atoms with E-state index in [1.807, 2.05) is 6.20 Å². The Morgan fingerprint density at radius 3 is 2.56 bits per heavy atom. The highest BCUT2D eigenvalue weighted by molar-refractivity contribution is 5.85. The highest BCUT2D eigenvalue weighted by Crippen LogP contribution is 2.47. The number of aryl methyl sites for hydroxylation is 1. The summed E-state index contributed by atoms with van der Waals surface area (Å²) in [4.78, 5) is 7.00. The molecule has 0 aromatic carbocycles. The molecule has 0 N–H and O–H groups in total. The lowest BCUT2D eigenvalue weighted by molar-refractivity contribution is 0.196. The Morgan fingerprint density at radius 1 is 1.25 bits per heavy atom. The third-order valence-corrected chi connectivity index (χ3v) is 4.18. The molecule has 2 nitrogen and oxygen atoms in total. The summed E-state index contributed by atoms with van der Waals surface area (Å²) in [6.45, 7) is 4.79. The topological polar surface area (TPSA) is 16.1 Å². The first-order chi connectivity index (χ1) is 7.33. The molecule has 0 spiro atoms. The lowest BCUT2D eigenvalue weighted by Gasteiger charge is -2.33. The summed E-state index contributed by atoms with van der Waals surface area (Å²) < 4.78 is 0. The van der Waals surface area contributed by atoms with Crippen molar-refractivity contribution in [1.29, 1.82) is 0 Å². The largest absolute Gasteiger partial charge is 0.294 e. The predicted molar refractivity (Wildman–Crippen MR) is 67.9 cm³/mol. The minimum Gasteiger partial charge on any atom is -0.294 e. The number of rotatable bonds is 1. The summed E-state index contributed by atoms with van der Waals surface area (Å²) in [6, 6.07) is 2.15. The SMILES string of the molecule is Cc1ccncc1C12CCCN1CCC2.Cl. The first-order valence-electron chi connectivity index (χ1n) is 5.99. The maximum Gasteiger partial charge on any atom is 0.0479 e. The Bertz CT molecular complexity index is 368. The van der Waals surface area contributed by atoms with Gasteiger partial charge in [-0.25, -0.2) is 0 Å². The zero-order valence-electron chi connectivity index (χ0n) is 9.78. The van der Waals surface area contributed by atoms with Gasteiger partial charge in [-0.05, 0) is 62.9 Å². The molecular weight excluding hydrogens is 220 g/mol. The van der Waals surface area contributed by atoms with Crippen molar-refractivity contribution in [2.24, 2.45) is 0 Å². The Morgan fingerprint density at radius 2 is 1.94 bits per heavy atom. The molecule has 0 atom stereocenters. The van der Waals surface area contributed by atoms with Gasteiger partial charge in [0.2, 0.25) is 0 Å². The van der Waals surface area contributed by atoms with E-state index in [1.54, 1.807) is 0 Å². The molecule has 0 aliphatic carbocycles. The van der Waals surface area contributed by atoms with Crippen LogP contribution in [0.1, 0.15) is 36.8 Å². The number of aromatic nitrogens is 1. The molecule has 0 bridgehead atoms. The third kappa shape index (κ3) is 1.56. The molecule has 0 saturated carbocycles. The Hall–Kier alpha value is -0.600. The van der Waals surface area contributed by atoms with Gasteiger partial charge in [-0.2, -0.15) is 0 Å². The van der Waals surface area contributed by atoms with Crippen molar-refractivity contribution in [3.05, 3.63) is 29.6 Å². The van der Waals surface area contributed by atoms with Crippen molar-refractivity contribution in [2.75, 3.05) is 13.1 Å². The van der Waals surface area contributed by atoms with Crippen molar-refractivity contribution in [2.45, 2.75) is 38.1 Å². The van der Waals surface area contributed by atoms with E-state index in [0.29, 0.717) is 5.54 Å². The fourth-order valence-corrected chi connectivity index (χ4v) is 3.50. The van der Waals surface area contributed by atoms with Crippen LogP contribution in [-0.4, -0.2) is 23.0 Å². The van der Waals surface area contributed by atoms with E-state index >= 15 is 0 Å². The van der Waals surface area contributed by atoms with Crippen molar-refractivity contribution in [1.82, 2.24) is 9.88 Å². The maximum absolute atomic E-state index is 4.32. The van der Waals surface area contributed by atoms with Gasteiger partial charge in [0.1, 0.15) is 0 Å². The smallest absolute Gasteiger partial charge is 0.0479 e. The van der Waals surface area contributed by atoms with Crippen LogP contribution in [0.15, 0.2) is 18.5 Å². The van der Waals surface area contributed by atoms with Crippen molar-refractivity contribution >= 4 is 12.4 Å². The van der Waals surface area contributed by atoms with Gasteiger partial charge in [0.05, 0.1) is 0 Å². The number of halogens is 1. The number of hydrogen-bond donors (Lipinski definition) is 0. The zero-order chi connectivity index (χ0) is 10.3. The minimum absolute atomic E-state index is 0. The molecular formula is C13H19ClN2. The molecule has 16 heavy (non-hydrogen) atoms. The van der Waals surface area contributed by atoms with Crippen molar-refractivity contribution in [3.8, 4) is 0 Å². The second kappa shape index (κ2) is 4.34. The molecule has 1 aromatic heterocycles. The fourth-order valence-electron chi connectivity index (χ4n) is 3.50. The molecule has 0 unspecified atom stereocenters. The molecule has 3 heteroatoms. The standard InChI is InChI=1S/C13H18N2.ClH/c1-11-4-7-14-10-12(11)13-5-2-8-15(13)9-3-6-13;/h4,7,10H,2-3,5-6,8-9H2,1H3;1H. The van der Waals surface area contributed by atoms with E-state index in [0.717, 1.165) is 0 Å². The van der Waals surface area contributed by atoms with E-state index in [1.165, 1.54) is 49.9 Å². The first-order valence-corrected chi connectivity index (χ1v) is 5.99. The number of nitrogens with zero attached hydrogens (tertiary/aromatic N) is 2. The first kappa shape index (κ1) is 11.9. The maximum atomic E-state index is 4.32. The summed E-state index contributed by atoms with van der Waals surface area (Å²) in [5, 5.41) is 0. The minimum atomic E-state index is 0. The Kier molecular flexibility index (Phi) is 3.22. The van der Waals surface area contributed by atoms with Gasteiger partial charge in [-0.15, -0.1) is 12.4 Å². The van der Waals surface area contributed by atoms with Crippen LogP contribution in [0.25, 0.3) is 0 Å². The highest BCUT2D eigenvalue weighted by Gasteiger charge is 2.46. The van der Waals surface area contributed by atoms with Gasteiger partial charge in [0.15, 0.2) is 0 Å². The lowest BCUT2D eigenvalue weighted by atomic mass is 9.84. The van der Waals surface area contributed by atoms with Gasteiger partial charge < -0.3 is 0 Å². The van der Waals surface area contributed by atoms with Gasteiger partial charge in [-0.3, -0.25) is 9.88 Å². The number of hydrogen-bond acceptors (Lipinski definition) is 2. The number of fused-ring (bicyclic) bond motifs is 1. The molecule has 3 heterocycles. The van der Waals surface area contributed by atoms with Gasteiger partial charge in [0.25, 0.3) is 0 Å². The zero-order valence-corrected chi connectivity index (χ0v) is 10.6. The van der Waals surface area contributed by atoms with Gasteiger partial charge in [-0.1, -0.05) is 0 Å². The molecule has 2 saturated heterocycles. The van der Waals surface area contributed by atoms with Crippen molar-refractivity contribution < 1.29 is 0 Å². The Labute approximate surface area is 103 Å². The van der Waals surface area contributed by atoms with Gasteiger partial charge >= 0.3 is 0 Å². The van der Waals surface area contributed by atoms with E-state index in [-0.39, 0.29) is 12.4 Å². The predicted octanol–water partition coefficient (Wildman–Crippen LogP) is 2.90. The van der Waals surface area contributed by atoms with E-state index in [2.05, 4.69) is 29.1 Å². The lowest BCUT2D eigenvalue weighted by Crippen LogP contribution is -2.36. The second-order valence-electron chi connectivity index (χ2n) is 4.92. The van der Waals surface area contributed by atoms with Crippen LogP contribution in [0.4, 0.5) is 0 Å². The molecule has 1 aromatic rings. The molecule has 2 aliphatic heterocycles. The molecule has 2 aliphatic rings. The number of pyridine rings is 1. The third-order valence-electron chi connectivity index (χ3n) is 4.18. The van der Waals surface area contributed by atoms with Crippen LogP contribution in [0, 0.1) is 6.92 Å².